The molecule has 0 bridgehead atoms. The van der Waals surface area contributed by atoms with E-state index in [4.69, 9.17) is 4.74 Å². The minimum atomic E-state index is -0.472. The van der Waals surface area contributed by atoms with Crippen LogP contribution in [-0.2, 0) is 18.2 Å². The lowest BCUT2D eigenvalue weighted by molar-refractivity contribution is 0.0515. The van der Waals surface area contributed by atoms with Crippen LogP contribution in [0, 0.1) is 11.3 Å². The third-order valence-electron chi connectivity index (χ3n) is 5.30. The fourth-order valence-corrected chi connectivity index (χ4v) is 3.73. The van der Waals surface area contributed by atoms with Gasteiger partial charge >= 0.3 is 5.97 Å². The van der Waals surface area contributed by atoms with Crippen LogP contribution < -0.4 is 4.90 Å². The highest BCUT2D eigenvalue weighted by Gasteiger charge is 2.27. The number of nitriles is 1. The van der Waals surface area contributed by atoms with Crippen molar-refractivity contribution in [2.75, 3.05) is 18.6 Å². The van der Waals surface area contributed by atoms with Crippen LogP contribution in [0.25, 0.3) is 11.1 Å². The van der Waals surface area contributed by atoms with Crippen LogP contribution in [0.3, 0.4) is 0 Å². The van der Waals surface area contributed by atoms with E-state index >= 15 is 0 Å². The molecule has 0 N–H and O–H groups in total. The molecule has 0 saturated heterocycles. The van der Waals surface area contributed by atoms with Gasteiger partial charge in [0.25, 0.3) is 5.91 Å². The average molecular weight is 415 g/mol. The van der Waals surface area contributed by atoms with E-state index < -0.39 is 5.97 Å². The second-order valence-electron chi connectivity index (χ2n) is 7.07. The molecule has 0 atom stereocenters. The van der Waals surface area contributed by atoms with E-state index in [9.17, 15) is 14.9 Å². The number of benzene rings is 2. The minimum absolute atomic E-state index is 0.147. The van der Waals surface area contributed by atoms with Crippen molar-refractivity contribution < 1.29 is 14.3 Å². The molecule has 6 heteroatoms. The van der Waals surface area contributed by atoms with Crippen molar-refractivity contribution in [2.45, 2.75) is 20.3 Å². The highest BCUT2D eigenvalue weighted by Crippen LogP contribution is 2.33. The number of ether oxygens (including phenoxy) is 1. The van der Waals surface area contributed by atoms with Gasteiger partial charge in [0.1, 0.15) is 11.8 Å². The zero-order valence-electron chi connectivity index (χ0n) is 18.2. The molecule has 0 saturated carbocycles. The van der Waals surface area contributed by atoms with E-state index in [1.54, 1.807) is 54.8 Å². The second-order valence-corrected chi connectivity index (χ2v) is 7.07. The van der Waals surface area contributed by atoms with Crippen molar-refractivity contribution in [3.05, 3.63) is 77.1 Å². The van der Waals surface area contributed by atoms with Crippen molar-refractivity contribution in [1.82, 2.24) is 4.57 Å². The van der Waals surface area contributed by atoms with Crippen LogP contribution in [-0.4, -0.2) is 30.1 Å². The highest BCUT2D eigenvalue weighted by molar-refractivity contribution is 6.06. The molecule has 1 amide bonds. The summed E-state index contributed by atoms with van der Waals surface area (Å²) in [5.41, 5.74) is 4.10. The standard InChI is InChI=1S/C25H25N3O3/c1-5-21-20(16-26)22(23(28(21)4)25(30)31-6-2)17-12-14-18(15-13-17)24(29)27(3)19-10-8-7-9-11-19/h7-15H,5-6H2,1-4H3. The maximum Gasteiger partial charge on any atom is 0.355 e. The van der Waals surface area contributed by atoms with E-state index in [1.807, 2.05) is 37.3 Å². The molecular formula is C25H25N3O3. The van der Waals surface area contributed by atoms with Gasteiger partial charge in [-0.15, -0.1) is 0 Å². The number of esters is 1. The van der Waals surface area contributed by atoms with Crippen LogP contribution in [0.5, 0.6) is 0 Å². The number of aromatic nitrogens is 1. The van der Waals surface area contributed by atoms with Gasteiger partial charge in [-0.2, -0.15) is 5.26 Å². The number of para-hydroxylation sites is 1. The van der Waals surface area contributed by atoms with Crippen LogP contribution >= 0.6 is 0 Å². The van der Waals surface area contributed by atoms with E-state index in [0.29, 0.717) is 34.4 Å². The third-order valence-corrected chi connectivity index (χ3v) is 5.30. The largest absolute Gasteiger partial charge is 0.461 e. The summed E-state index contributed by atoms with van der Waals surface area (Å²) in [6.45, 7) is 3.93. The molecule has 158 valence electrons. The summed E-state index contributed by atoms with van der Waals surface area (Å²) < 4.78 is 6.97. The quantitative estimate of drug-likeness (QED) is 0.552. The summed E-state index contributed by atoms with van der Waals surface area (Å²) in [7, 11) is 3.49. The van der Waals surface area contributed by atoms with Gasteiger partial charge in [0, 0.05) is 36.6 Å². The number of rotatable bonds is 6. The van der Waals surface area contributed by atoms with Crippen LogP contribution in [0.4, 0.5) is 5.69 Å². The minimum Gasteiger partial charge on any atom is -0.461 e. The molecule has 0 spiro atoms. The highest BCUT2D eigenvalue weighted by atomic mass is 16.5. The lowest BCUT2D eigenvalue weighted by Gasteiger charge is -2.17. The molecule has 0 aliphatic heterocycles. The summed E-state index contributed by atoms with van der Waals surface area (Å²) in [6, 6.07) is 18.6. The van der Waals surface area contributed by atoms with E-state index in [0.717, 1.165) is 11.4 Å². The zero-order valence-corrected chi connectivity index (χ0v) is 18.2. The molecular weight excluding hydrogens is 390 g/mol. The normalized spacial score (nSPS) is 10.4. The lowest BCUT2D eigenvalue weighted by Crippen LogP contribution is -2.26. The topological polar surface area (TPSA) is 75.3 Å². The smallest absolute Gasteiger partial charge is 0.355 e. The summed E-state index contributed by atoms with van der Waals surface area (Å²) in [5.74, 6) is -0.619. The summed E-state index contributed by atoms with van der Waals surface area (Å²) >= 11 is 0. The van der Waals surface area contributed by atoms with Gasteiger partial charge < -0.3 is 14.2 Å². The van der Waals surface area contributed by atoms with E-state index in [2.05, 4.69) is 6.07 Å². The maximum atomic E-state index is 12.9. The Morgan fingerprint density at radius 1 is 1.06 bits per heavy atom. The van der Waals surface area contributed by atoms with Crippen molar-refractivity contribution in [1.29, 1.82) is 5.26 Å². The van der Waals surface area contributed by atoms with Crippen LogP contribution in [0.15, 0.2) is 54.6 Å². The van der Waals surface area contributed by atoms with Crippen LogP contribution in [0.1, 0.15) is 46.0 Å². The number of anilines is 1. The average Bonchev–Trinajstić information content (AvgIpc) is 3.10. The predicted octanol–water partition coefficient (Wildman–Crippen LogP) is 4.58. The monoisotopic (exact) mass is 415 g/mol. The van der Waals surface area contributed by atoms with Gasteiger partial charge in [-0.1, -0.05) is 37.3 Å². The van der Waals surface area contributed by atoms with Gasteiger partial charge in [-0.3, -0.25) is 4.79 Å². The Hall–Kier alpha value is -3.85. The van der Waals surface area contributed by atoms with Crippen molar-refractivity contribution in [2.24, 2.45) is 7.05 Å². The third kappa shape index (κ3) is 4.08. The van der Waals surface area contributed by atoms with Crippen molar-refractivity contribution >= 4 is 17.6 Å². The fraction of sp³-hybridized carbons (Fsp3) is 0.240. The zero-order chi connectivity index (χ0) is 22.5. The first-order valence-corrected chi connectivity index (χ1v) is 10.2. The van der Waals surface area contributed by atoms with E-state index in [-0.39, 0.29) is 12.5 Å². The molecule has 2 aromatic carbocycles. The van der Waals surface area contributed by atoms with Crippen molar-refractivity contribution in [3.63, 3.8) is 0 Å². The summed E-state index contributed by atoms with van der Waals surface area (Å²) in [6.07, 6.45) is 0.601. The number of hydrogen-bond acceptors (Lipinski definition) is 4. The SMILES string of the molecule is CCOC(=O)c1c(-c2ccc(C(=O)N(C)c3ccccc3)cc2)c(C#N)c(CC)n1C. The van der Waals surface area contributed by atoms with Gasteiger partial charge in [0.05, 0.1) is 12.2 Å². The predicted molar refractivity (Wildman–Crippen MR) is 120 cm³/mol. The van der Waals surface area contributed by atoms with Gasteiger partial charge in [-0.05, 0) is 43.2 Å². The Labute approximate surface area is 182 Å². The number of nitrogens with zero attached hydrogens (tertiary/aromatic N) is 3. The molecule has 0 radical (unpaired) electrons. The Balaban J connectivity index is 2.04. The maximum absolute atomic E-state index is 12.9. The molecule has 1 aromatic heterocycles. The first-order chi connectivity index (χ1) is 14.9. The number of carbonyl (C=O) groups excluding carboxylic acids is 2. The summed E-state index contributed by atoms with van der Waals surface area (Å²) in [4.78, 5) is 27.1. The van der Waals surface area contributed by atoms with E-state index in [1.165, 1.54) is 0 Å². The second kappa shape index (κ2) is 9.31. The molecule has 31 heavy (non-hydrogen) atoms. The first-order valence-electron chi connectivity index (χ1n) is 10.2. The fourth-order valence-electron chi connectivity index (χ4n) is 3.73. The Morgan fingerprint density at radius 3 is 2.26 bits per heavy atom. The van der Waals surface area contributed by atoms with Crippen molar-refractivity contribution in [3.8, 4) is 17.2 Å². The molecule has 0 fully saturated rings. The number of hydrogen-bond donors (Lipinski definition) is 0. The van der Waals surface area contributed by atoms with Gasteiger partial charge in [0.2, 0.25) is 0 Å². The molecule has 3 aromatic rings. The molecule has 0 aliphatic rings. The lowest BCUT2D eigenvalue weighted by atomic mass is 9.98. The summed E-state index contributed by atoms with van der Waals surface area (Å²) in [5, 5.41) is 9.81. The Kier molecular flexibility index (Phi) is 6.56. The van der Waals surface area contributed by atoms with Crippen LogP contribution in [0.2, 0.25) is 0 Å². The molecule has 6 nitrogen and oxygen atoms in total. The molecule has 3 rings (SSSR count). The molecule has 1 heterocycles. The Morgan fingerprint density at radius 2 is 1.71 bits per heavy atom. The number of carbonyl (C=O) groups is 2. The Bertz CT molecular complexity index is 1140. The first kappa shape index (κ1) is 21.8. The van der Waals surface area contributed by atoms with Gasteiger partial charge in [-0.25, -0.2) is 4.79 Å². The number of amides is 1. The molecule has 0 unspecified atom stereocenters. The van der Waals surface area contributed by atoms with Gasteiger partial charge in [0.15, 0.2) is 0 Å². The molecule has 0 aliphatic carbocycles.